The van der Waals surface area contributed by atoms with E-state index in [4.69, 9.17) is 10.00 Å². The minimum absolute atomic E-state index is 0.360. The predicted octanol–water partition coefficient (Wildman–Crippen LogP) is 3.26. The maximum atomic E-state index is 11.5. The van der Waals surface area contributed by atoms with Crippen molar-refractivity contribution in [2.24, 2.45) is 0 Å². The normalized spacial score (nSPS) is 10.2. The summed E-state index contributed by atoms with van der Waals surface area (Å²) in [6, 6.07) is 19.0. The molecule has 5 nitrogen and oxygen atoms in total. The molecule has 0 N–H and O–H groups in total. The molecule has 0 spiro atoms. The second kappa shape index (κ2) is 6.80. The number of aromatic nitrogens is 2. The Morgan fingerprint density at radius 1 is 1.17 bits per heavy atom. The summed E-state index contributed by atoms with van der Waals surface area (Å²) in [5.74, 6) is 0.380. The average molecular weight is 317 g/mol. The van der Waals surface area contributed by atoms with Gasteiger partial charge in [0.05, 0.1) is 12.7 Å². The van der Waals surface area contributed by atoms with Gasteiger partial charge in [-0.15, -0.1) is 0 Å². The average Bonchev–Trinajstić information content (AvgIpc) is 3.05. The fraction of sp³-hybridized carbons (Fsp3) is 0.105. The molecule has 1 heterocycles. The molecule has 3 aromatic rings. The lowest BCUT2D eigenvalue weighted by molar-refractivity contribution is 0.0600. The van der Waals surface area contributed by atoms with E-state index in [2.05, 4.69) is 11.1 Å². The molecule has 0 aliphatic heterocycles. The Bertz CT molecular complexity index is 891. The van der Waals surface area contributed by atoms with Crippen LogP contribution in [0.15, 0.2) is 60.8 Å². The summed E-state index contributed by atoms with van der Waals surface area (Å²) in [7, 11) is 1.36. The topological polar surface area (TPSA) is 67.9 Å². The number of imidazole rings is 1. The number of carbonyl (C=O) groups excluding carboxylic acids is 1. The van der Waals surface area contributed by atoms with Crippen molar-refractivity contribution in [3.05, 3.63) is 77.6 Å². The number of carbonyl (C=O) groups is 1. The number of nitrogens with zero attached hydrogens (tertiary/aromatic N) is 3. The van der Waals surface area contributed by atoms with Gasteiger partial charge >= 0.3 is 5.97 Å². The molecule has 0 saturated heterocycles. The van der Waals surface area contributed by atoms with E-state index in [1.807, 2.05) is 47.0 Å². The smallest absolute Gasteiger partial charge is 0.337 e. The Labute approximate surface area is 139 Å². The van der Waals surface area contributed by atoms with Crippen molar-refractivity contribution in [3.63, 3.8) is 0 Å². The second-order valence-corrected chi connectivity index (χ2v) is 5.24. The molecule has 118 valence electrons. The molecule has 24 heavy (non-hydrogen) atoms. The van der Waals surface area contributed by atoms with Crippen LogP contribution in [0, 0.1) is 11.3 Å². The Hall–Kier alpha value is -3.39. The molecule has 1 aromatic heterocycles. The first-order chi connectivity index (χ1) is 11.7. The third kappa shape index (κ3) is 3.18. The zero-order valence-corrected chi connectivity index (χ0v) is 13.1. The number of benzene rings is 2. The molecule has 0 bridgehead atoms. The highest BCUT2D eigenvalue weighted by Crippen LogP contribution is 2.20. The van der Waals surface area contributed by atoms with Gasteiger partial charge in [-0.25, -0.2) is 9.78 Å². The molecular weight excluding hydrogens is 302 g/mol. The highest BCUT2D eigenvalue weighted by atomic mass is 16.5. The number of hydrogen-bond acceptors (Lipinski definition) is 4. The quantitative estimate of drug-likeness (QED) is 0.693. The van der Waals surface area contributed by atoms with Crippen molar-refractivity contribution >= 4 is 5.97 Å². The molecule has 3 rings (SSSR count). The fourth-order valence-corrected chi connectivity index (χ4v) is 2.47. The minimum Gasteiger partial charge on any atom is -0.465 e. The van der Waals surface area contributed by atoms with Crippen LogP contribution in [0.1, 0.15) is 21.6 Å². The molecule has 5 heteroatoms. The molecule has 0 aliphatic rings. The summed E-state index contributed by atoms with van der Waals surface area (Å²) in [6.07, 6.45) is 1.73. The van der Waals surface area contributed by atoms with Crippen molar-refractivity contribution in [2.75, 3.05) is 7.11 Å². The van der Waals surface area contributed by atoms with Crippen LogP contribution in [-0.2, 0) is 11.3 Å². The van der Waals surface area contributed by atoms with Gasteiger partial charge < -0.3 is 9.30 Å². The van der Waals surface area contributed by atoms with Crippen LogP contribution in [0.4, 0.5) is 0 Å². The summed E-state index contributed by atoms with van der Waals surface area (Å²) < 4.78 is 6.63. The molecule has 0 atom stereocenters. The van der Waals surface area contributed by atoms with Crippen molar-refractivity contribution < 1.29 is 9.53 Å². The van der Waals surface area contributed by atoms with Gasteiger partial charge in [-0.2, -0.15) is 5.26 Å². The summed E-state index contributed by atoms with van der Waals surface area (Å²) >= 11 is 0. The first kappa shape index (κ1) is 15.5. The van der Waals surface area contributed by atoms with Crippen molar-refractivity contribution in [2.45, 2.75) is 6.54 Å². The zero-order chi connectivity index (χ0) is 16.9. The third-order valence-corrected chi connectivity index (χ3v) is 3.65. The number of rotatable bonds is 4. The standard InChI is InChI=1S/C19H15N3O2/c1-24-19(23)16-9-7-14(8-10-16)12-22-13-17(11-20)21-18(22)15-5-3-2-4-6-15/h2-10,13H,12H2,1H3. The van der Waals surface area contributed by atoms with Gasteiger partial charge in [-0.05, 0) is 17.7 Å². The molecule has 0 unspecified atom stereocenters. The molecular formula is C19H15N3O2. The van der Waals surface area contributed by atoms with E-state index in [1.54, 1.807) is 18.3 Å². The Morgan fingerprint density at radius 2 is 1.88 bits per heavy atom. The molecule has 0 fully saturated rings. The lowest BCUT2D eigenvalue weighted by Gasteiger charge is -2.08. The predicted molar refractivity (Wildman–Crippen MR) is 89.3 cm³/mol. The summed E-state index contributed by atoms with van der Waals surface area (Å²) in [6.45, 7) is 0.556. The van der Waals surface area contributed by atoms with Gasteiger partial charge in [0.1, 0.15) is 11.9 Å². The lowest BCUT2D eigenvalue weighted by Crippen LogP contribution is -2.03. The van der Waals surface area contributed by atoms with Crippen molar-refractivity contribution in [1.82, 2.24) is 9.55 Å². The lowest BCUT2D eigenvalue weighted by atomic mass is 10.1. The van der Waals surface area contributed by atoms with Gasteiger partial charge in [0, 0.05) is 18.3 Å². The second-order valence-electron chi connectivity index (χ2n) is 5.24. The van der Waals surface area contributed by atoms with E-state index in [-0.39, 0.29) is 5.97 Å². The number of esters is 1. The first-order valence-electron chi connectivity index (χ1n) is 7.41. The van der Waals surface area contributed by atoms with E-state index in [9.17, 15) is 4.79 Å². The van der Waals surface area contributed by atoms with Gasteiger partial charge in [-0.1, -0.05) is 42.5 Å². The van der Waals surface area contributed by atoms with E-state index in [0.717, 1.165) is 17.0 Å². The molecule has 0 amide bonds. The van der Waals surface area contributed by atoms with E-state index >= 15 is 0 Å². The highest BCUT2D eigenvalue weighted by Gasteiger charge is 2.11. The third-order valence-electron chi connectivity index (χ3n) is 3.65. The number of hydrogen-bond donors (Lipinski definition) is 0. The summed E-state index contributed by atoms with van der Waals surface area (Å²) in [5.41, 5.74) is 2.83. The SMILES string of the molecule is COC(=O)c1ccc(Cn2cc(C#N)nc2-c2ccccc2)cc1. The minimum atomic E-state index is -0.360. The van der Waals surface area contributed by atoms with Crippen LogP contribution in [-0.4, -0.2) is 22.6 Å². The van der Waals surface area contributed by atoms with Gasteiger partial charge in [0.2, 0.25) is 0 Å². The first-order valence-corrected chi connectivity index (χ1v) is 7.41. The molecule has 0 saturated carbocycles. The van der Waals surface area contributed by atoms with Crippen LogP contribution in [0.2, 0.25) is 0 Å². The van der Waals surface area contributed by atoms with Crippen LogP contribution in [0.5, 0.6) is 0 Å². The fourth-order valence-electron chi connectivity index (χ4n) is 2.47. The van der Waals surface area contributed by atoms with Gasteiger partial charge in [0.15, 0.2) is 5.69 Å². The molecule has 0 aliphatic carbocycles. The number of nitriles is 1. The Kier molecular flexibility index (Phi) is 4.39. The largest absolute Gasteiger partial charge is 0.465 e. The Balaban J connectivity index is 1.91. The van der Waals surface area contributed by atoms with Gasteiger partial charge in [0.25, 0.3) is 0 Å². The number of methoxy groups -OCH3 is 1. The van der Waals surface area contributed by atoms with Crippen molar-refractivity contribution in [3.8, 4) is 17.5 Å². The summed E-state index contributed by atoms with van der Waals surface area (Å²) in [5, 5.41) is 9.14. The Morgan fingerprint density at radius 3 is 2.50 bits per heavy atom. The number of ether oxygens (including phenoxy) is 1. The van der Waals surface area contributed by atoms with E-state index in [0.29, 0.717) is 17.8 Å². The highest BCUT2D eigenvalue weighted by molar-refractivity contribution is 5.89. The van der Waals surface area contributed by atoms with Crippen molar-refractivity contribution in [1.29, 1.82) is 5.26 Å². The van der Waals surface area contributed by atoms with Crippen LogP contribution in [0.3, 0.4) is 0 Å². The van der Waals surface area contributed by atoms with Gasteiger partial charge in [-0.3, -0.25) is 0 Å². The zero-order valence-electron chi connectivity index (χ0n) is 13.1. The monoisotopic (exact) mass is 317 g/mol. The maximum absolute atomic E-state index is 11.5. The van der Waals surface area contributed by atoms with Crippen LogP contribution in [0.25, 0.3) is 11.4 Å². The van der Waals surface area contributed by atoms with E-state index < -0.39 is 0 Å². The molecule has 0 radical (unpaired) electrons. The van der Waals surface area contributed by atoms with Crippen LogP contribution >= 0.6 is 0 Å². The maximum Gasteiger partial charge on any atom is 0.337 e. The van der Waals surface area contributed by atoms with E-state index in [1.165, 1.54) is 7.11 Å². The summed E-state index contributed by atoms with van der Waals surface area (Å²) in [4.78, 5) is 15.9. The van der Waals surface area contributed by atoms with Crippen LogP contribution < -0.4 is 0 Å². The molecule has 2 aromatic carbocycles.